The molecule has 0 aliphatic carbocycles. The molecular weight excluding hydrogens is 341 g/mol. The van der Waals surface area contributed by atoms with Crippen LogP contribution in [0.3, 0.4) is 0 Å². The highest BCUT2D eigenvalue weighted by molar-refractivity contribution is 5.54. The van der Waals surface area contributed by atoms with Crippen LogP contribution in [0.2, 0.25) is 0 Å². The number of benzene rings is 1. The van der Waals surface area contributed by atoms with Gasteiger partial charge in [0.2, 0.25) is 0 Å². The predicted molar refractivity (Wildman–Crippen MR) is 112 cm³/mol. The summed E-state index contributed by atoms with van der Waals surface area (Å²) >= 11 is 0. The van der Waals surface area contributed by atoms with Crippen molar-refractivity contribution in [3.8, 4) is 0 Å². The third kappa shape index (κ3) is 5.56. The van der Waals surface area contributed by atoms with Gasteiger partial charge >= 0.3 is 0 Å². The lowest BCUT2D eigenvalue weighted by atomic mass is 10.0. The molecule has 3 rings (SSSR count). The molecule has 0 unspecified atom stereocenters. The summed E-state index contributed by atoms with van der Waals surface area (Å²) in [6.45, 7) is 12.4. The van der Waals surface area contributed by atoms with Crippen molar-refractivity contribution in [1.82, 2.24) is 14.7 Å². The van der Waals surface area contributed by atoms with E-state index < -0.39 is 0 Å². The Labute approximate surface area is 163 Å². The van der Waals surface area contributed by atoms with E-state index in [-0.39, 0.29) is 5.82 Å². The first-order chi connectivity index (χ1) is 13.1. The molecule has 0 aromatic heterocycles. The minimum Gasteiger partial charge on any atom is -0.399 e. The molecule has 6 heteroatoms. The Morgan fingerprint density at radius 2 is 1.67 bits per heavy atom. The van der Waals surface area contributed by atoms with Gasteiger partial charge in [-0.05, 0) is 51.1 Å². The minimum absolute atomic E-state index is 0.205. The Bertz CT molecular complexity index is 580. The summed E-state index contributed by atoms with van der Waals surface area (Å²) in [7, 11) is 2.25. The molecule has 2 aliphatic heterocycles. The van der Waals surface area contributed by atoms with Crippen LogP contribution in [-0.4, -0.2) is 86.7 Å². The standard InChI is InChI=1S/C21H36FN5/c1-3-8-25-13-15-26(16-14-25)12-11-24(2)19-6-9-27(10-7-19)21-5-4-18(23)17-20(21)22/h4-5,17,19H,3,6-16,23H2,1-2H3. The molecular formula is C21H36FN5. The van der Waals surface area contributed by atoms with Crippen molar-refractivity contribution >= 4 is 11.4 Å². The highest BCUT2D eigenvalue weighted by atomic mass is 19.1. The number of piperidine rings is 1. The number of halogens is 1. The smallest absolute Gasteiger partial charge is 0.148 e. The lowest BCUT2D eigenvalue weighted by molar-refractivity contribution is 0.111. The number of hydrogen-bond donors (Lipinski definition) is 1. The van der Waals surface area contributed by atoms with Gasteiger partial charge in [-0.3, -0.25) is 4.90 Å². The van der Waals surface area contributed by atoms with Gasteiger partial charge in [-0.2, -0.15) is 0 Å². The van der Waals surface area contributed by atoms with Crippen LogP contribution < -0.4 is 10.6 Å². The second-order valence-corrected chi connectivity index (χ2v) is 8.09. The van der Waals surface area contributed by atoms with Crippen molar-refractivity contribution < 1.29 is 4.39 Å². The van der Waals surface area contributed by atoms with Crippen LogP contribution >= 0.6 is 0 Å². The van der Waals surface area contributed by atoms with Crippen LogP contribution in [0.4, 0.5) is 15.8 Å². The summed E-state index contributed by atoms with van der Waals surface area (Å²) in [5.41, 5.74) is 6.84. The van der Waals surface area contributed by atoms with Crippen LogP contribution in [-0.2, 0) is 0 Å². The van der Waals surface area contributed by atoms with Gasteiger partial charge in [-0.25, -0.2) is 4.39 Å². The zero-order valence-electron chi connectivity index (χ0n) is 17.0. The van der Waals surface area contributed by atoms with E-state index in [9.17, 15) is 4.39 Å². The van der Waals surface area contributed by atoms with Gasteiger partial charge in [-0.15, -0.1) is 0 Å². The van der Waals surface area contributed by atoms with Gasteiger partial charge in [0, 0.05) is 64.1 Å². The third-order valence-corrected chi connectivity index (χ3v) is 6.17. The molecule has 1 aromatic carbocycles. The molecule has 0 radical (unpaired) electrons. The summed E-state index contributed by atoms with van der Waals surface area (Å²) in [6, 6.07) is 5.62. The second kappa shape index (κ2) is 9.71. The first-order valence-electron chi connectivity index (χ1n) is 10.5. The van der Waals surface area contributed by atoms with Crippen molar-refractivity contribution in [3.63, 3.8) is 0 Å². The molecule has 5 nitrogen and oxygen atoms in total. The molecule has 0 bridgehead atoms. The molecule has 152 valence electrons. The molecule has 2 N–H and O–H groups in total. The van der Waals surface area contributed by atoms with Crippen LogP contribution in [0.25, 0.3) is 0 Å². The lowest BCUT2D eigenvalue weighted by Gasteiger charge is -2.39. The van der Waals surface area contributed by atoms with E-state index in [2.05, 4.69) is 33.6 Å². The summed E-state index contributed by atoms with van der Waals surface area (Å²) in [6.07, 6.45) is 3.43. The number of hydrogen-bond acceptors (Lipinski definition) is 5. The monoisotopic (exact) mass is 377 g/mol. The Kier molecular flexibility index (Phi) is 7.33. The first-order valence-corrected chi connectivity index (χ1v) is 10.5. The summed E-state index contributed by atoms with van der Waals surface area (Å²) in [5, 5.41) is 0. The molecule has 0 atom stereocenters. The fraction of sp³-hybridized carbons (Fsp3) is 0.714. The third-order valence-electron chi connectivity index (χ3n) is 6.17. The lowest BCUT2D eigenvalue weighted by Crippen LogP contribution is -2.50. The fourth-order valence-electron chi connectivity index (χ4n) is 4.36. The predicted octanol–water partition coefficient (Wildman–Crippen LogP) is 2.34. The average molecular weight is 378 g/mol. The number of piperazine rings is 1. The summed E-state index contributed by atoms with van der Waals surface area (Å²) in [5.74, 6) is -0.205. The van der Waals surface area contributed by atoms with E-state index in [0.717, 1.165) is 39.0 Å². The van der Waals surface area contributed by atoms with E-state index in [1.807, 2.05) is 6.07 Å². The van der Waals surface area contributed by atoms with E-state index in [1.54, 1.807) is 6.07 Å². The molecule has 0 amide bonds. The number of nitrogen functional groups attached to an aromatic ring is 1. The van der Waals surface area contributed by atoms with Gasteiger partial charge < -0.3 is 20.4 Å². The van der Waals surface area contributed by atoms with Gasteiger partial charge in [0.1, 0.15) is 5.82 Å². The van der Waals surface area contributed by atoms with E-state index in [0.29, 0.717) is 17.4 Å². The Hall–Kier alpha value is -1.37. The number of rotatable bonds is 7. The molecule has 2 aliphatic rings. The number of nitrogens with two attached hydrogens (primary N) is 1. The highest BCUT2D eigenvalue weighted by Crippen LogP contribution is 2.26. The number of anilines is 2. The van der Waals surface area contributed by atoms with Crippen molar-refractivity contribution in [3.05, 3.63) is 24.0 Å². The Morgan fingerprint density at radius 3 is 2.26 bits per heavy atom. The summed E-state index contributed by atoms with van der Waals surface area (Å²) < 4.78 is 14.2. The topological polar surface area (TPSA) is 39.0 Å². The SMILES string of the molecule is CCCN1CCN(CCN(C)C2CCN(c3ccc(N)cc3F)CC2)CC1. The van der Waals surface area contributed by atoms with Crippen molar-refractivity contribution in [2.75, 3.05) is 76.6 Å². The van der Waals surface area contributed by atoms with E-state index in [4.69, 9.17) is 5.73 Å². The van der Waals surface area contributed by atoms with E-state index >= 15 is 0 Å². The number of nitrogens with zero attached hydrogens (tertiary/aromatic N) is 4. The molecule has 2 heterocycles. The van der Waals surface area contributed by atoms with Crippen molar-refractivity contribution in [1.29, 1.82) is 0 Å². The molecule has 27 heavy (non-hydrogen) atoms. The zero-order valence-corrected chi connectivity index (χ0v) is 17.0. The van der Waals surface area contributed by atoms with Crippen LogP contribution in [0.15, 0.2) is 18.2 Å². The first kappa shape index (κ1) is 20.4. The maximum absolute atomic E-state index is 14.2. The highest BCUT2D eigenvalue weighted by Gasteiger charge is 2.24. The van der Waals surface area contributed by atoms with Crippen molar-refractivity contribution in [2.24, 2.45) is 0 Å². The molecule has 2 fully saturated rings. The Balaban J connectivity index is 1.39. The van der Waals surface area contributed by atoms with Gasteiger partial charge in [0.15, 0.2) is 0 Å². The van der Waals surface area contributed by atoms with Crippen molar-refractivity contribution in [2.45, 2.75) is 32.2 Å². The van der Waals surface area contributed by atoms with E-state index in [1.165, 1.54) is 45.2 Å². The minimum atomic E-state index is -0.205. The zero-order chi connectivity index (χ0) is 19.2. The largest absolute Gasteiger partial charge is 0.399 e. The Morgan fingerprint density at radius 1 is 1.04 bits per heavy atom. The van der Waals surface area contributed by atoms with Gasteiger partial charge in [-0.1, -0.05) is 6.92 Å². The maximum atomic E-state index is 14.2. The van der Waals surface area contributed by atoms with Crippen LogP contribution in [0.1, 0.15) is 26.2 Å². The maximum Gasteiger partial charge on any atom is 0.148 e. The van der Waals surface area contributed by atoms with Gasteiger partial charge in [0.05, 0.1) is 5.69 Å². The normalized spacial score (nSPS) is 20.5. The quantitative estimate of drug-likeness (QED) is 0.739. The summed E-state index contributed by atoms with van der Waals surface area (Å²) in [4.78, 5) is 9.84. The molecule has 1 aromatic rings. The molecule has 0 saturated carbocycles. The fourth-order valence-corrected chi connectivity index (χ4v) is 4.36. The van der Waals surface area contributed by atoms with Gasteiger partial charge in [0.25, 0.3) is 0 Å². The van der Waals surface area contributed by atoms with Crippen LogP contribution in [0, 0.1) is 5.82 Å². The molecule has 0 spiro atoms. The number of likely N-dealkylation sites (N-methyl/N-ethyl adjacent to an activating group) is 1. The second-order valence-electron chi connectivity index (χ2n) is 8.09. The average Bonchev–Trinajstić information content (AvgIpc) is 2.68. The molecule has 2 saturated heterocycles. The van der Waals surface area contributed by atoms with Crippen LogP contribution in [0.5, 0.6) is 0 Å².